The molecule has 38 heavy (non-hydrogen) atoms. The lowest BCUT2D eigenvalue weighted by Crippen LogP contribution is -2.42. The Morgan fingerprint density at radius 2 is 1.76 bits per heavy atom. The molecule has 6 nitrogen and oxygen atoms in total. The number of carbonyl (C=O) groups is 1. The van der Waals surface area contributed by atoms with E-state index in [1.807, 2.05) is 4.98 Å². The van der Waals surface area contributed by atoms with Crippen molar-refractivity contribution in [1.82, 2.24) is 15.3 Å². The molecule has 2 N–H and O–H groups in total. The second-order valence-electron chi connectivity index (χ2n) is 8.83. The van der Waals surface area contributed by atoms with Gasteiger partial charge in [-0.05, 0) is 31.9 Å². The zero-order valence-electron chi connectivity index (χ0n) is 19.7. The molecule has 1 aliphatic rings. The van der Waals surface area contributed by atoms with Crippen LogP contribution in [0.15, 0.2) is 35.1 Å². The summed E-state index contributed by atoms with van der Waals surface area (Å²) in [6.45, 7) is 0.460. The van der Waals surface area contributed by atoms with Gasteiger partial charge in [0, 0.05) is 29.7 Å². The first kappa shape index (κ1) is 27.3. The first-order chi connectivity index (χ1) is 17.8. The maximum atomic E-state index is 15.3. The van der Waals surface area contributed by atoms with Crippen molar-refractivity contribution < 1.29 is 40.3 Å². The number of carbonyl (C=O) groups excluding carboxylic acids is 1. The number of amides is 1. The minimum absolute atomic E-state index is 0.121. The number of ether oxygens (including phenoxy) is 1. The number of aromatic amines is 1. The molecule has 1 aromatic heterocycles. The van der Waals surface area contributed by atoms with Gasteiger partial charge in [0.25, 0.3) is 5.56 Å². The minimum Gasteiger partial charge on any atom is -0.373 e. The molecule has 0 bridgehead atoms. The number of rotatable bonds is 7. The molecule has 4 rings (SSSR count). The Morgan fingerprint density at radius 1 is 1.08 bits per heavy atom. The summed E-state index contributed by atoms with van der Waals surface area (Å²) in [6, 6.07) is 4.50. The maximum absolute atomic E-state index is 15.3. The van der Waals surface area contributed by atoms with Crippen LogP contribution in [0.4, 0.5) is 30.7 Å². The van der Waals surface area contributed by atoms with Crippen molar-refractivity contribution in [3.63, 3.8) is 0 Å². The first-order valence-electron chi connectivity index (χ1n) is 11.3. The van der Waals surface area contributed by atoms with Gasteiger partial charge in [0.05, 0.1) is 29.5 Å². The molecule has 0 radical (unpaired) electrons. The van der Waals surface area contributed by atoms with E-state index in [4.69, 9.17) is 4.74 Å². The third-order valence-corrected chi connectivity index (χ3v) is 6.20. The average Bonchev–Trinajstić information content (AvgIpc) is 2.80. The molecule has 13 heteroatoms. The average molecular weight is 543 g/mol. The highest BCUT2D eigenvalue weighted by atomic mass is 19.4. The van der Waals surface area contributed by atoms with Gasteiger partial charge in [-0.15, -0.1) is 0 Å². The summed E-state index contributed by atoms with van der Waals surface area (Å²) in [7, 11) is 0. The number of halogens is 7. The lowest BCUT2D eigenvalue weighted by Gasteiger charge is -2.34. The Morgan fingerprint density at radius 3 is 2.39 bits per heavy atom. The van der Waals surface area contributed by atoms with Crippen LogP contribution in [0.5, 0.6) is 0 Å². The molecular weight excluding hydrogens is 523 g/mol. The van der Waals surface area contributed by atoms with Crippen molar-refractivity contribution >= 4 is 5.91 Å². The maximum Gasteiger partial charge on any atom is 0.417 e. The monoisotopic (exact) mass is 543 g/mol. The first-order valence-corrected chi connectivity index (χ1v) is 11.3. The number of hydrogen-bond acceptors (Lipinski definition) is 4. The van der Waals surface area contributed by atoms with Crippen LogP contribution in [0.3, 0.4) is 0 Å². The number of aryl methyl sites for hydroxylation is 1. The highest BCUT2D eigenvalue weighted by Gasteiger charge is 2.38. The molecule has 2 aromatic carbocycles. The molecule has 1 heterocycles. The zero-order chi connectivity index (χ0) is 27.8. The molecule has 1 aliphatic carbocycles. The van der Waals surface area contributed by atoms with Gasteiger partial charge >= 0.3 is 6.18 Å². The Labute approximate surface area is 210 Å². The summed E-state index contributed by atoms with van der Waals surface area (Å²) >= 11 is 0. The summed E-state index contributed by atoms with van der Waals surface area (Å²) in [5, 5.41) is 2.45. The highest BCUT2D eigenvalue weighted by Crippen LogP contribution is 2.38. The van der Waals surface area contributed by atoms with Gasteiger partial charge in [-0.25, -0.2) is 18.2 Å². The number of nitrogens with zero attached hydrogens (tertiary/aromatic N) is 1. The lowest BCUT2D eigenvalue weighted by atomic mass is 9.81. The smallest absolute Gasteiger partial charge is 0.373 e. The van der Waals surface area contributed by atoms with Crippen molar-refractivity contribution in [3.05, 3.63) is 86.3 Å². The van der Waals surface area contributed by atoms with Crippen LogP contribution in [-0.4, -0.2) is 22.0 Å². The molecule has 3 aromatic rings. The summed E-state index contributed by atoms with van der Waals surface area (Å²) in [6.07, 6.45) is -4.84. The number of benzene rings is 2. The highest BCUT2D eigenvalue weighted by molar-refractivity contribution is 5.79. The van der Waals surface area contributed by atoms with Crippen molar-refractivity contribution in [2.75, 3.05) is 0 Å². The molecule has 0 aliphatic heterocycles. The molecule has 0 saturated heterocycles. The molecule has 0 spiro atoms. The lowest BCUT2D eigenvalue weighted by molar-refractivity contribution is -0.137. The van der Waals surface area contributed by atoms with Gasteiger partial charge in [-0.3, -0.25) is 9.59 Å². The van der Waals surface area contributed by atoms with Gasteiger partial charge in [0.2, 0.25) is 11.7 Å². The van der Waals surface area contributed by atoms with Crippen LogP contribution in [0, 0.1) is 36.1 Å². The number of H-pyrrole nitrogens is 1. The Balaban J connectivity index is 1.42. The molecule has 1 amide bonds. The second-order valence-corrected chi connectivity index (χ2v) is 8.83. The molecule has 1 saturated carbocycles. The number of aromatic nitrogens is 2. The van der Waals surface area contributed by atoms with Crippen molar-refractivity contribution in [1.29, 1.82) is 0 Å². The molecule has 202 valence electrons. The quantitative estimate of drug-likeness (QED) is 0.414. The largest absolute Gasteiger partial charge is 0.417 e. The predicted molar refractivity (Wildman–Crippen MR) is 119 cm³/mol. The van der Waals surface area contributed by atoms with Crippen LogP contribution in [-0.2, 0) is 28.9 Å². The fourth-order valence-corrected chi connectivity index (χ4v) is 4.00. The van der Waals surface area contributed by atoms with Crippen molar-refractivity contribution in [3.8, 4) is 11.4 Å². The van der Waals surface area contributed by atoms with E-state index < -0.39 is 76.0 Å². The van der Waals surface area contributed by atoms with E-state index in [9.17, 15) is 35.9 Å². The molecule has 0 unspecified atom stereocenters. The Bertz CT molecular complexity index is 1430. The van der Waals surface area contributed by atoms with Gasteiger partial charge in [-0.2, -0.15) is 17.6 Å². The van der Waals surface area contributed by atoms with Crippen LogP contribution in [0.2, 0.25) is 0 Å². The van der Waals surface area contributed by atoms with E-state index in [0.717, 1.165) is 25.1 Å². The second kappa shape index (κ2) is 10.6. The fourth-order valence-electron chi connectivity index (χ4n) is 4.00. The topological polar surface area (TPSA) is 84.1 Å². The third-order valence-electron chi connectivity index (χ3n) is 6.20. The summed E-state index contributed by atoms with van der Waals surface area (Å²) in [5.41, 5.74) is -4.54. The fraction of sp³-hybridized carbons (Fsp3) is 0.320. The van der Waals surface area contributed by atoms with Crippen LogP contribution in [0.1, 0.15) is 35.2 Å². The standard InChI is InChI=1S/C25H20F7N3O3/c1-11-20(28)24(37)35-22(34-11)19-17(25(30,31)32)5-3-12(21(19)29)9-33-23(36)14-6-16(7-14)38-10-13-2-4-15(26)8-18(13)27/h2-5,8,14,16H,6-7,9-10H2,1H3,(H,33,36)(H,34,35,37). The van der Waals surface area contributed by atoms with Crippen LogP contribution >= 0.6 is 0 Å². The van der Waals surface area contributed by atoms with E-state index in [-0.39, 0.29) is 36.7 Å². The van der Waals surface area contributed by atoms with E-state index >= 15 is 4.39 Å². The van der Waals surface area contributed by atoms with Gasteiger partial charge in [0.1, 0.15) is 23.3 Å². The van der Waals surface area contributed by atoms with Crippen molar-refractivity contribution in [2.24, 2.45) is 5.92 Å². The van der Waals surface area contributed by atoms with Gasteiger partial charge in [-0.1, -0.05) is 12.1 Å². The van der Waals surface area contributed by atoms with E-state index in [1.165, 1.54) is 6.07 Å². The minimum atomic E-state index is -5.02. The SMILES string of the molecule is Cc1nc(-c2c(C(F)(F)F)ccc(CNC(=O)C3CC(OCc4ccc(F)cc4F)C3)c2F)[nH]c(=O)c1F. The van der Waals surface area contributed by atoms with Gasteiger partial charge < -0.3 is 15.0 Å². The van der Waals surface area contributed by atoms with E-state index in [0.29, 0.717) is 6.07 Å². The van der Waals surface area contributed by atoms with E-state index in [2.05, 4.69) is 10.3 Å². The van der Waals surface area contributed by atoms with Gasteiger partial charge in [0.15, 0.2) is 0 Å². The number of nitrogens with one attached hydrogen (secondary N) is 2. The van der Waals surface area contributed by atoms with E-state index in [1.54, 1.807) is 0 Å². The summed E-state index contributed by atoms with van der Waals surface area (Å²) in [5.74, 6) is -5.99. The zero-order valence-corrected chi connectivity index (χ0v) is 19.7. The Kier molecular flexibility index (Phi) is 7.58. The predicted octanol–water partition coefficient (Wildman–Crippen LogP) is 4.93. The molecular formula is C25H20F7N3O3. The Hall–Kier alpha value is -3.74. The number of alkyl halides is 3. The third kappa shape index (κ3) is 5.72. The van der Waals surface area contributed by atoms with Crippen LogP contribution in [0.25, 0.3) is 11.4 Å². The summed E-state index contributed by atoms with van der Waals surface area (Å²) in [4.78, 5) is 29.6. The molecule has 0 atom stereocenters. The van der Waals surface area contributed by atoms with Crippen molar-refractivity contribution in [2.45, 2.75) is 45.2 Å². The molecule has 1 fully saturated rings. The van der Waals surface area contributed by atoms with Crippen LogP contribution < -0.4 is 10.9 Å². The number of hydrogen-bond donors (Lipinski definition) is 2. The summed E-state index contributed by atoms with van der Waals surface area (Å²) < 4.78 is 102. The normalized spacial score (nSPS) is 17.3.